The molecule has 2 aromatic heterocycles. The van der Waals surface area contributed by atoms with Crippen molar-refractivity contribution in [3.63, 3.8) is 0 Å². The van der Waals surface area contributed by atoms with Crippen molar-refractivity contribution in [1.82, 2.24) is 14.5 Å². The molecule has 1 aliphatic rings. The Labute approximate surface area is 189 Å². The zero-order chi connectivity index (χ0) is 22.9. The van der Waals surface area contributed by atoms with E-state index >= 15 is 0 Å². The van der Waals surface area contributed by atoms with Crippen molar-refractivity contribution < 1.29 is 19.4 Å². The number of hydrogen-bond donors (Lipinski definition) is 1. The van der Waals surface area contributed by atoms with Crippen LogP contribution in [0.1, 0.15) is 48.0 Å². The average molecular weight is 466 g/mol. The lowest BCUT2D eigenvalue weighted by Crippen LogP contribution is -2.40. The fraction of sp³-hybridized carbons (Fsp3) is 0.429. The van der Waals surface area contributed by atoms with Crippen LogP contribution in [0.25, 0.3) is 0 Å². The molecular weight excluding hydrogens is 442 g/mol. The van der Waals surface area contributed by atoms with Crippen LogP contribution in [-0.2, 0) is 27.6 Å². The number of fused-ring (bicyclic) bond motifs is 1. The highest BCUT2D eigenvalue weighted by atomic mass is 35.5. The van der Waals surface area contributed by atoms with Crippen molar-refractivity contribution in [3.8, 4) is 5.75 Å². The van der Waals surface area contributed by atoms with Gasteiger partial charge in [-0.2, -0.15) is 11.8 Å². The molecule has 0 saturated carbocycles. The lowest BCUT2D eigenvalue weighted by molar-refractivity contribution is -0.155. The molecule has 0 bridgehead atoms. The summed E-state index contributed by atoms with van der Waals surface area (Å²) in [5, 5.41) is 11.1. The van der Waals surface area contributed by atoms with Crippen molar-refractivity contribution in [3.05, 3.63) is 56.2 Å². The molecule has 0 spiro atoms. The van der Waals surface area contributed by atoms with Gasteiger partial charge in [0.1, 0.15) is 28.6 Å². The number of thioether (sulfide) groups is 1. The van der Waals surface area contributed by atoms with E-state index in [0.29, 0.717) is 27.9 Å². The third-order valence-corrected chi connectivity index (χ3v) is 5.81. The zero-order valence-corrected chi connectivity index (χ0v) is 19.3. The van der Waals surface area contributed by atoms with Gasteiger partial charge in [-0.1, -0.05) is 17.7 Å². The lowest BCUT2D eigenvalue weighted by atomic mass is 10.1. The van der Waals surface area contributed by atoms with Gasteiger partial charge >= 0.3 is 5.97 Å². The molecule has 2 aromatic rings. The molecular formula is C21H24ClN3O5S. The highest BCUT2D eigenvalue weighted by Crippen LogP contribution is 2.36. The Morgan fingerprint density at radius 2 is 2.03 bits per heavy atom. The number of nitrogens with zero attached hydrogens (tertiary/aromatic N) is 3. The predicted molar refractivity (Wildman–Crippen MR) is 119 cm³/mol. The summed E-state index contributed by atoms with van der Waals surface area (Å²) in [7, 11) is 1.39. The van der Waals surface area contributed by atoms with Crippen LogP contribution < -0.4 is 5.56 Å². The number of esters is 1. The molecule has 10 heteroatoms. The number of aromatic nitrogens is 2. The van der Waals surface area contributed by atoms with Crippen molar-refractivity contribution >= 4 is 35.2 Å². The Balaban J connectivity index is 1.97. The van der Waals surface area contributed by atoms with Crippen LogP contribution in [0.15, 0.2) is 23.1 Å². The highest BCUT2D eigenvalue weighted by Gasteiger charge is 2.31. The van der Waals surface area contributed by atoms with Crippen LogP contribution in [0.4, 0.5) is 0 Å². The number of pyridine rings is 2. The summed E-state index contributed by atoms with van der Waals surface area (Å²) in [6.45, 7) is 5.01. The second-order valence-corrected chi connectivity index (χ2v) is 9.64. The zero-order valence-electron chi connectivity index (χ0n) is 17.8. The largest absolute Gasteiger partial charge is 0.507 e. The lowest BCUT2D eigenvalue weighted by Gasteiger charge is -2.23. The molecule has 1 amide bonds. The van der Waals surface area contributed by atoms with Gasteiger partial charge in [0.05, 0.1) is 6.54 Å². The summed E-state index contributed by atoms with van der Waals surface area (Å²) in [6.07, 6.45) is 1.56. The van der Waals surface area contributed by atoms with Crippen molar-refractivity contribution in [2.24, 2.45) is 0 Å². The van der Waals surface area contributed by atoms with Crippen LogP contribution in [0, 0.1) is 0 Å². The van der Waals surface area contributed by atoms with E-state index in [4.69, 9.17) is 16.3 Å². The number of hydrogen-bond acceptors (Lipinski definition) is 7. The summed E-state index contributed by atoms with van der Waals surface area (Å²) < 4.78 is 6.72. The number of aromatic hydroxyl groups is 1. The smallest absolute Gasteiger partial charge is 0.326 e. The summed E-state index contributed by atoms with van der Waals surface area (Å²) >= 11 is 7.38. The van der Waals surface area contributed by atoms with E-state index in [2.05, 4.69) is 4.98 Å². The molecule has 0 saturated heterocycles. The molecule has 0 atom stereocenters. The molecule has 3 heterocycles. The molecule has 31 heavy (non-hydrogen) atoms. The van der Waals surface area contributed by atoms with E-state index in [1.807, 2.05) is 0 Å². The maximum absolute atomic E-state index is 13.3. The first-order valence-electron chi connectivity index (χ1n) is 9.61. The van der Waals surface area contributed by atoms with E-state index in [9.17, 15) is 19.5 Å². The number of amides is 1. The van der Waals surface area contributed by atoms with Crippen LogP contribution in [0.2, 0.25) is 5.15 Å². The second kappa shape index (κ2) is 8.92. The minimum absolute atomic E-state index is 0.183. The van der Waals surface area contributed by atoms with Gasteiger partial charge in [-0.3, -0.25) is 14.4 Å². The first-order chi connectivity index (χ1) is 14.5. The second-order valence-electron chi connectivity index (χ2n) is 8.27. The average Bonchev–Trinajstić information content (AvgIpc) is 3.15. The molecule has 0 unspecified atom stereocenters. The third-order valence-electron chi connectivity index (χ3n) is 4.62. The van der Waals surface area contributed by atoms with Gasteiger partial charge < -0.3 is 19.3 Å². The molecule has 0 fully saturated rings. The molecule has 0 aliphatic carbocycles. The van der Waals surface area contributed by atoms with Crippen molar-refractivity contribution in [1.29, 1.82) is 0 Å². The summed E-state index contributed by atoms with van der Waals surface area (Å²) in [5.41, 5.74) is 0.294. The number of carbonyl (C=O) groups excluding carboxylic acids is 2. The number of ether oxygens (including phenoxy) is 1. The molecule has 8 nitrogen and oxygen atoms in total. The van der Waals surface area contributed by atoms with Crippen LogP contribution >= 0.6 is 23.4 Å². The van der Waals surface area contributed by atoms with Gasteiger partial charge in [0, 0.05) is 36.0 Å². The quantitative estimate of drug-likeness (QED) is 0.535. The number of halogens is 1. The summed E-state index contributed by atoms with van der Waals surface area (Å²) in [4.78, 5) is 43.5. The van der Waals surface area contributed by atoms with E-state index < -0.39 is 23.0 Å². The Kier molecular flexibility index (Phi) is 6.66. The minimum Gasteiger partial charge on any atom is -0.507 e. The number of likely N-dealkylation sites (N-methyl/N-ethyl adjacent to an activating group) is 1. The third kappa shape index (κ3) is 5.22. The SMILES string of the molecule is CN(CC(=O)OC(C)(C)C)C(=O)c1c(O)c2c(n(Cc3ccc(Cl)nc3)c1=O)CSC2. The first kappa shape index (κ1) is 23.1. The standard InChI is InChI=1S/C21H24ClN3O5S/c1-21(2,3)30-16(26)9-24(4)19(28)17-18(27)13-10-31-11-14(13)25(20(17)29)8-12-5-6-15(22)23-7-12/h5-7,27H,8-11H2,1-4H3. The maximum atomic E-state index is 13.3. The Morgan fingerprint density at radius 1 is 1.32 bits per heavy atom. The molecule has 1 N–H and O–H groups in total. The van der Waals surface area contributed by atoms with E-state index in [1.54, 1.807) is 50.9 Å². The van der Waals surface area contributed by atoms with E-state index in [0.717, 1.165) is 10.5 Å². The minimum atomic E-state index is -0.740. The fourth-order valence-corrected chi connectivity index (χ4v) is 4.49. The van der Waals surface area contributed by atoms with Crippen LogP contribution in [-0.4, -0.2) is 50.6 Å². The molecule has 0 aromatic carbocycles. The van der Waals surface area contributed by atoms with Gasteiger partial charge in [-0.15, -0.1) is 0 Å². The van der Waals surface area contributed by atoms with E-state index in [-0.39, 0.29) is 24.4 Å². The van der Waals surface area contributed by atoms with Crippen molar-refractivity contribution in [2.75, 3.05) is 13.6 Å². The van der Waals surface area contributed by atoms with Crippen LogP contribution in [0.3, 0.4) is 0 Å². The fourth-order valence-electron chi connectivity index (χ4n) is 3.25. The molecule has 1 aliphatic heterocycles. The Bertz CT molecular complexity index is 1080. The molecule has 166 valence electrons. The van der Waals surface area contributed by atoms with E-state index in [1.165, 1.54) is 11.6 Å². The maximum Gasteiger partial charge on any atom is 0.326 e. The Hall–Kier alpha value is -2.52. The normalized spacial score (nSPS) is 13.1. The van der Waals surface area contributed by atoms with Gasteiger partial charge in [-0.05, 0) is 32.4 Å². The molecule has 3 rings (SSSR count). The monoisotopic (exact) mass is 465 g/mol. The predicted octanol–water partition coefficient (Wildman–Crippen LogP) is 2.81. The highest BCUT2D eigenvalue weighted by molar-refractivity contribution is 7.98. The molecule has 0 radical (unpaired) electrons. The van der Waals surface area contributed by atoms with Gasteiger partial charge in [-0.25, -0.2) is 4.98 Å². The van der Waals surface area contributed by atoms with Gasteiger partial charge in [0.25, 0.3) is 11.5 Å². The topological polar surface area (TPSA) is 102 Å². The first-order valence-corrected chi connectivity index (χ1v) is 11.1. The summed E-state index contributed by atoms with van der Waals surface area (Å²) in [6, 6.07) is 3.37. The van der Waals surface area contributed by atoms with Gasteiger partial charge in [0.2, 0.25) is 0 Å². The Morgan fingerprint density at radius 3 is 2.65 bits per heavy atom. The summed E-state index contributed by atoms with van der Waals surface area (Å²) in [5.74, 6) is -0.641. The van der Waals surface area contributed by atoms with Crippen molar-refractivity contribution in [2.45, 2.75) is 44.4 Å². The number of rotatable bonds is 5. The van der Waals surface area contributed by atoms with Gasteiger partial charge in [0.15, 0.2) is 0 Å². The van der Waals surface area contributed by atoms with Crippen LogP contribution in [0.5, 0.6) is 5.75 Å². The number of carbonyl (C=O) groups is 2.